The van der Waals surface area contributed by atoms with Crippen molar-refractivity contribution in [3.8, 4) is 0 Å². The number of nitrogens with one attached hydrogen (secondary N) is 1. The summed E-state index contributed by atoms with van der Waals surface area (Å²) in [6, 6.07) is 3.78. The zero-order valence-electron chi connectivity index (χ0n) is 8.92. The fraction of sp³-hybridized carbons (Fsp3) is 0.182. The van der Waals surface area contributed by atoms with Gasteiger partial charge in [-0.15, -0.1) is 0 Å². The van der Waals surface area contributed by atoms with Gasteiger partial charge < -0.3 is 9.88 Å². The van der Waals surface area contributed by atoms with Crippen LogP contribution in [0, 0.1) is 0 Å². The molecule has 0 saturated carbocycles. The molecule has 0 radical (unpaired) electrons. The molecule has 0 aliphatic heterocycles. The molecule has 0 aliphatic carbocycles. The van der Waals surface area contributed by atoms with E-state index in [1.54, 1.807) is 31.8 Å². The third kappa shape index (κ3) is 2.25. The van der Waals surface area contributed by atoms with E-state index < -0.39 is 0 Å². The summed E-state index contributed by atoms with van der Waals surface area (Å²) in [5.41, 5.74) is 0.930. The highest BCUT2D eigenvalue weighted by atomic mass is 16.1. The Kier molecular flexibility index (Phi) is 2.95. The van der Waals surface area contributed by atoms with Crippen LogP contribution in [0.2, 0.25) is 0 Å². The number of aryl methyl sites for hydroxylation is 1. The van der Waals surface area contributed by atoms with Gasteiger partial charge in [0.25, 0.3) is 5.56 Å². The first-order chi connectivity index (χ1) is 7.77. The zero-order valence-corrected chi connectivity index (χ0v) is 8.92. The third-order valence-corrected chi connectivity index (χ3v) is 2.23. The van der Waals surface area contributed by atoms with E-state index in [1.165, 1.54) is 4.57 Å². The Morgan fingerprint density at radius 3 is 2.81 bits per heavy atom. The van der Waals surface area contributed by atoms with E-state index in [2.05, 4.69) is 15.3 Å². The highest BCUT2D eigenvalue weighted by molar-refractivity contribution is 5.32. The summed E-state index contributed by atoms with van der Waals surface area (Å²) in [5.74, 6) is 0.363. The standard InChI is InChI=1S/C11H12N4O/c1-15-7-6-13-10(11(15)16)14-8-9-2-4-12-5-3-9/h2-7H,8H2,1H3,(H,13,14). The highest BCUT2D eigenvalue weighted by Gasteiger charge is 2.01. The molecule has 2 aromatic heterocycles. The van der Waals surface area contributed by atoms with E-state index in [4.69, 9.17) is 0 Å². The topological polar surface area (TPSA) is 59.8 Å². The van der Waals surface area contributed by atoms with Crippen molar-refractivity contribution >= 4 is 5.82 Å². The molecule has 5 heteroatoms. The van der Waals surface area contributed by atoms with Crippen LogP contribution < -0.4 is 10.9 Å². The molecule has 16 heavy (non-hydrogen) atoms. The first-order valence-electron chi connectivity index (χ1n) is 4.92. The van der Waals surface area contributed by atoms with E-state index >= 15 is 0 Å². The molecule has 82 valence electrons. The summed E-state index contributed by atoms with van der Waals surface area (Å²) < 4.78 is 1.49. The number of pyridine rings is 1. The smallest absolute Gasteiger partial charge is 0.293 e. The van der Waals surface area contributed by atoms with Crippen LogP contribution in [0.1, 0.15) is 5.56 Å². The van der Waals surface area contributed by atoms with Crippen molar-refractivity contribution in [2.24, 2.45) is 7.05 Å². The summed E-state index contributed by atoms with van der Waals surface area (Å²) in [5, 5.41) is 3.00. The monoisotopic (exact) mass is 216 g/mol. The van der Waals surface area contributed by atoms with E-state index in [-0.39, 0.29) is 5.56 Å². The molecule has 0 unspecified atom stereocenters. The van der Waals surface area contributed by atoms with Gasteiger partial charge >= 0.3 is 0 Å². The van der Waals surface area contributed by atoms with E-state index in [0.29, 0.717) is 12.4 Å². The largest absolute Gasteiger partial charge is 0.361 e. The molecule has 0 atom stereocenters. The predicted molar refractivity (Wildman–Crippen MR) is 61.0 cm³/mol. The molecule has 0 bridgehead atoms. The maximum atomic E-state index is 11.6. The lowest BCUT2D eigenvalue weighted by molar-refractivity contribution is 0.839. The number of nitrogens with zero attached hydrogens (tertiary/aromatic N) is 3. The Labute approximate surface area is 92.8 Å². The van der Waals surface area contributed by atoms with Gasteiger partial charge in [0.15, 0.2) is 5.82 Å². The van der Waals surface area contributed by atoms with Crippen molar-refractivity contribution in [1.29, 1.82) is 0 Å². The van der Waals surface area contributed by atoms with Gasteiger partial charge in [-0.3, -0.25) is 9.78 Å². The molecule has 2 rings (SSSR count). The minimum absolute atomic E-state index is 0.128. The van der Waals surface area contributed by atoms with Gasteiger partial charge in [-0.25, -0.2) is 4.98 Å². The van der Waals surface area contributed by atoms with Gasteiger partial charge in [0, 0.05) is 38.4 Å². The summed E-state index contributed by atoms with van der Waals surface area (Å²) in [6.07, 6.45) is 6.65. The highest BCUT2D eigenvalue weighted by Crippen LogP contribution is 1.99. The molecule has 0 saturated heterocycles. The summed E-state index contributed by atoms with van der Waals surface area (Å²) in [6.45, 7) is 0.564. The van der Waals surface area contributed by atoms with Crippen LogP contribution in [0.15, 0.2) is 41.7 Å². The number of hydrogen-bond donors (Lipinski definition) is 1. The van der Waals surface area contributed by atoms with Crippen molar-refractivity contribution in [3.63, 3.8) is 0 Å². The number of rotatable bonds is 3. The lowest BCUT2D eigenvalue weighted by Gasteiger charge is -2.05. The van der Waals surface area contributed by atoms with Gasteiger partial charge in [0.2, 0.25) is 0 Å². The number of hydrogen-bond acceptors (Lipinski definition) is 4. The van der Waals surface area contributed by atoms with Crippen LogP contribution in [-0.2, 0) is 13.6 Å². The first kappa shape index (κ1) is 10.4. The van der Waals surface area contributed by atoms with Crippen LogP contribution in [0.4, 0.5) is 5.82 Å². The summed E-state index contributed by atoms with van der Waals surface area (Å²) >= 11 is 0. The minimum atomic E-state index is -0.128. The lowest BCUT2D eigenvalue weighted by Crippen LogP contribution is -2.21. The average Bonchev–Trinajstić information content (AvgIpc) is 2.32. The van der Waals surface area contributed by atoms with Crippen molar-refractivity contribution < 1.29 is 0 Å². The summed E-state index contributed by atoms with van der Waals surface area (Å²) in [7, 11) is 1.70. The van der Waals surface area contributed by atoms with Crippen molar-refractivity contribution in [2.75, 3.05) is 5.32 Å². The molecule has 0 amide bonds. The normalized spacial score (nSPS) is 10.1. The maximum Gasteiger partial charge on any atom is 0.293 e. The second-order valence-corrected chi connectivity index (χ2v) is 3.40. The first-order valence-corrected chi connectivity index (χ1v) is 4.92. The second kappa shape index (κ2) is 4.57. The molecule has 2 heterocycles. The molecule has 1 N–H and O–H groups in total. The Bertz CT molecular complexity index is 521. The van der Waals surface area contributed by atoms with Gasteiger partial charge in [-0.05, 0) is 17.7 Å². The fourth-order valence-electron chi connectivity index (χ4n) is 1.31. The van der Waals surface area contributed by atoms with Gasteiger partial charge in [0.05, 0.1) is 0 Å². The molecular weight excluding hydrogens is 204 g/mol. The molecule has 2 aromatic rings. The third-order valence-electron chi connectivity index (χ3n) is 2.23. The van der Waals surface area contributed by atoms with Crippen LogP contribution in [0.3, 0.4) is 0 Å². The van der Waals surface area contributed by atoms with E-state index in [1.807, 2.05) is 12.1 Å². The molecule has 0 fully saturated rings. The fourth-order valence-corrected chi connectivity index (χ4v) is 1.31. The SMILES string of the molecule is Cn1ccnc(NCc2ccncc2)c1=O. The molecular formula is C11H12N4O. The van der Waals surface area contributed by atoms with Crippen molar-refractivity contribution in [3.05, 3.63) is 52.8 Å². The average molecular weight is 216 g/mol. The van der Waals surface area contributed by atoms with Crippen molar-refractivity contribution in [2.45, 2.75) is 6.54 Å². The second-order valence-electron chi connectivity index (χ2n) is 3.40. The van der Waals surface area contributed by atoms with Gasteiger partial charge in [-0.2, -0.15) is 0 Å². The Balaban J connectivity index is 2.11. The molecule has 0 aliphatic rings. The Morgan fingerprint density at radius 2 is 2.06 bits per heavy atom. The van der Waals surface area contributed by atoms with Crippen LogP contribution in [0.25, 0.3) is 0 Å². The Hall–Kier alpha value is -2.17. The van der Waals surface area contributed by atoms with Crippen LogP contribution >= 0.6 is 0 Å². The predicted octanol–water partition coefficient (Wildman–Crippen LogP) is 0.787. The number of anilines is 1. The van der Waals surface area contributed by atoms with E-state index in [0.717, 1.165) is 5.56 Å². The van der Waals surface area contributed by atoms with Crippen LogP contribution in [-0.4, -0.2) is 14.5 Å². The quantitative estimate of drug-likeness (QED) is 0.824. The van der Waals surface area contributed by atoms with Gasteiger partial charge in [0.1, 0.15) is 0 Å². The summed E-state index contributed by atoms with van der Waals surface area (Å²) in [4.78, 5) is 19.5. The lowest BCUT2D eigenvalue weighted by atomic mass is 10.3. The molecule has 0 aromatic carbocycles. The maximum absolute atomic E-state index is 11.6. The van der Waals surface area contributed by atoms with Crippen molar-refractivity contribution in [1.82, 2.24) is 14.5 Å². The van der Waals surface area contributed by atoms with Gasteiger partial charge in [-0.1, -0.05) is 0 Å². The number of aromatic nitrogens is 3. The van der Waals surface area contributed by atoms with E-state index in [9.17, 15) is 4.79 Å². The van der Waals surface area contributed by atoms with Crippen LogP contribution in [0.5, 0.6) is 0 Å². The minimum Gasteiger partial charge on any atom is -0.361 e. The molecule has 5 nitrogen and oxygen atoms in total. The Morgan fingerprint density at radius 1 is 1.31 bits per heavy atom. The molecule has 0 spiro atoms. The zero-order chi connectivity index (χ0) is 11.4.